The van der Waals surface area contributed by atoms with Gasteiger partial charge in [-0.2, -0.15) is 0 Å². The number of urea groups is 1. The predicted octanol–water partition coefficient (Wildman–Crippen LogP) is 2.93. The lowest BCUT2D eigenvalue weighted by molar-refractivity contribution is -0.131. The average molecular weight is 369 g/mol. The Morgan fingerprint density at radius 2 is 1.70 bits per heavy atom. The van der Waals surface area contributed by atoms with E-state index in [1.807, 2.05) is 61.5 Å². The second-order valence-electron chi connectivity index (χ2n) is 6.32. The van der Waals surface area contributed by atoms with Gasteiger partial charge in [-0.3, -0.25) is 4.79 Å². The largest absolute Gasteiger partial charge is 0.489 e. The SMILES string of the molecule is CCN(C)C(=O)[C@@H](C)NC(=O)NCc1ccc(OCc2ccccc2)cc1. The summed E-state index contributed by atoms with van der Waals surface area (Å²) in [6.45, 7) is 5.05. The number of carbonyl (C=O) groups is 2. The minimum Gasteiger partial charge on any atom is -0.489 e. The Labute approximate surface area is 160 Å². The Morgan fingerprint density at radius 3 is 2.33 bits per heavy atom. The van der Waals surface area contributed by atoms with Gasteiger partial charge in [0, 0.05) is 20.1 Å². The summed E-state index contributed by atoms with van der Waals surface area (Å²) >= 11 is 0. The van der Waals surface area contributed by atoms with Crippen molar-refractivity contribution < 1.29 is 14.3 Å². The number of nitrogens with one attached hydrogen (secondary N) is 2. The van der Waals surface area contributed by atoms with Gasteiger partial charge in [-0.15, -0.1) is 0 Å². The van der Waals surface area contributed by atoms with E-state index in [0.29, 0.717) is 19.7 Å². The van der Waals surface area contributed by atoms with Crippen molar-refractivity contribution in [1.29, 1.82) is 0 Å². The molecule has 6 nitrogen and oxygen atoms in total. The first-order valence-corrected chi connectivity index (χ1v) is 9.04. The smallest absolute Gasteiger partial charge is 0.315 e. The van der Waals surface area contributed by atoms with E-state index in [1.54, 1.807) is 18.9 Å². The van der Waals surface area contributed by atoms with Crippen LogP contribution >= 0.6 is 0 Å². The van der Waals surface area contributed by atoms with Gasteiger partial charge in [0.1, 0.15) is 18.4 Å². The van der Waals surface area contributed by atoms with E-state index in [9.17, 15) is 9.59 Å². The van der Waals surface area contributed by atoms with Crippen molar-refractivity contribution in [1.82, 2.24) is 15.5 Å². The molecule has 0 aliphatic carbocycles. The van der Waals surface area contributed by atoms with E-state index in [4.69, 9.17) is 4.74 Å². The molecule has 2 N–H and O–H groups in total. The molecule has 0 saturated heterocycles. The zero-order valence-electron chi connectivity index (χ0n) is 16.1. The van der Waals surface area contributed by atoms with Crippen LogP contribution in [0.15, 0.2) is 54.6 Å². The number of benzene rings is 2. The number of hydrogen-bond acceptors (Lipinski definition) is 3. The molecule has 1 atom stereocenters. The van der Waals surface area contributed by atoms with Crippen molar-refractivity contribution in [3.05, 3.63) is 65.7 Å². The van der Waals surface area contributed by atoms with E-state index >= 15 is 0 Å². The summed E-state index contributed by atoms with van der Waals surface area (Å²) < 4.78 is 5.74. The van der Waals surface area contributed by atoms with Crippen LogP contribution in [-0.2, 0) is 17.9 Å². The van der Waals surface area contributed by atoms with Crippen LogP contribution in [0, 0.1) is 0 Å². The first-order chi connectivity index (χ1) is 13.0. The Hall–Kier alpha value is -3.02. The summed E-state index contributed by atoms with van der Waals surface area (Å²) in [5, 5.41) is 5.41. The first kappa shape index (κ1) is 20.3. The second kappa shape index (κ2) is 10.2. The number of nitrogens with zero attached hydrogens (tertiary/aromatic N) is 1. The lowest BCUT2D eigenvalue weighted by atomic mass is 10.2. The van der Waals surface area contributed by atoms with Crippen LogP contribution in [0.1, 0.15) is 25.0 Å². The highest BCUT2D eigenvalue weighted by Gasteiger charge is 2.18. The van der Waals surface area contributed by atoms with Gasteiger partial charge in [-0.05, 0) is 37.1 Å². The van der Waals surface area contributed by atoms with Crippen molar-refractivity contribution in [3.8, 4) is 5.75 Å². The standard InChI is InChI=1S/C21H27N3O3/c1-4-24(3)20(25)16(2)23-21(26)22-14-17-10-12-19(13-11-17)27-15-18-8-6-5-7-9-18/h5-13,16H,4,14-15H2,1-3H3,(H2,22,23,26)/t16-/m1/s1. The maximum absolute atomic E-state index is 12.0. The number of amides is 3. The highest BCUT2D eigenvalue weighted by molar-refractivity contribution is 5.86. The summed E-state index contributed by atoms with van der Waals surface area (Å²) in [6.07, 6.45) is 0. The van der Waals surface area contributed by atoms with Gasteiger partial charge in [0.2, 0.25) is 5.91 Å². The van der Waals surface area contributed by atoms with Crippen LogP contribution < -0.4 is 15.4 Å². The van der Waals surface area contributed by atoms with Gasteiger partial charge >= 0.3 is 6.03 Å². The highest BCUT2D eigenvalue weighted by Crippen LogP contribution is 2.14. The third kappa shape index (κ3) is 6.66. The zero-order chi connectivity index (χ0) is 19.6. The molecule has 0 heterocycles. The van der Waals surface area contributed by atoms with Gasteiger partial charge in [0.05, 0.1) is 0 Å². The molecule has 2 aromatic carbocycles. The molecular weight excluding hydrogens is 342 g/mol. The lowest BCUT2D eigenvalue weighted by Crippen LogP contribution is -2.48. The molecule has 0 bridgehead atoms. The van der Waals surface area contributed by atoms with E-state index in [1.165, 1.54) is 0 Å². The number of likely N-dealkylation sites (N-methyl/N-ethyl adjacent to an activating group) is 1. The molecule has 27 heavy (non-hydrogen) atoms. The van der Waals surface area contributed by atoms with Crippen LogP contribution in [0.2, 0.25) is 0 Å². The topological polar surface area (TPSA) is 70.7 Å². The molecule has 0 saturated carbocycles. The molecule has 0 spiro atoms. The molecule has 2 rings (SSSR count). The Bertz CT molecular complexity index is 732. The summed E-state index contributed by atoms with van der Waals surface area (Å²) in [6, 6.07) is 16.6. The Morgan fingerprint density at radius 1 is 1.04 bits per heavy atom. The summed E-state index contributed by atoms with van der Waals surface area (Å²) in [5.41, 5.74) is 2.05. The third-order valence-corrected chi connectivity index (χ3v) is 4.19. The molecule has 0 unspecified atom stereocenters. The summed E-state index contributed by atoms with van der Waals surface area (Å²) in [7, 11) is 1.71. The van der Waals surface area contributed by atoms with Crippen LogP contribution in [0.3, 0.4) is 0 Å². The summed E-state index contributed by atoms with van der Waals surface area (Å²) in [5.74, 6) is 0.654. The van der Waals surface area contributed by atoms with E-state index in [2.05, 4.69) is 10.6 Å². The molecule has 2 aromatic rings. The van der Waals surface area contributed by atoms with Crippen molar-refractivity contribution in [2.24, 2.45) is 0 Å². The fourth-order valence-electron chi connectivity index (χ4n) is 2.42. The fraction of sp³-hybridized carbons (Fsp3) is 0.333. The van der Waals surface area contributed by atoms with Crippen molar-refractivity contribution in [2.45, 2.75) is 33.0 Å². The lowest BCUT2D eigenvalue weighted by Gasteiger charge is -2.20. The molecule has 6 heteroatoms. The summed E-state index contributed by atoms with van der Waals surface area (Å²) in [4.78, 5) is 25.5. The molecule has 3 amide bonds. The molecule has 0 aliphatic rings. The Kier molecular flexibility index (Phi) is 7.67. The molecule has 0 fully saturated rings. The van der Waals surface area contributed by atoms with Crippen molar-refractivity contribution >= 4 is 11.9 Å². The van der Waals surface area contributed by atoms with E-state index in [0.717, 1.165) is 16.9 Å². The minimum absolute atomic E-state index is 0.118. The monoisotopic (exact) mass is 369 g/mol. The van der Waals surface area contributed by atoms with Gasteiger partial charge in [-0.25, -0.2) is 4.79 Å². The number of rotatable bonds is 8. The second-order valence-corrected chi connectivity index (χ2v) is 6.32. The normalized spacial score (nSPS) is 11.4. The molecular formula is C21H27N3O3. The average Bonchev–Trinajstić information content (AvgIpc) is 2.71. The number of carbonyl (C=O) groups excluding carboxylic acids is 2. The van der Waals surface area contributed by atoms with Crippen molar-refractivity contribution in [2.75, 3.05) is 13.6 Å². The number of hydrogen-bond donors (Lipinski definition) is 2. The van der Waals surface area contributed by atoms with E-state index < -0.39 is 6.04 Å². The predicted molar refractivity (Wildman–Crippen MR) is 105 cm³/mol. The van der Waals surface area contributed by atoms with Crippen LogP contribution in [-0.4, -0.2) is 36.5 Å². The van der Waals surface area contributed by atoms with E-state index in [-0.39, 0.29) is 11.9 Å². The van der Waals surface area contributed by atoms with Gasteiger partial charge in [0.25, 0.3) is 0 Å². The maximum Gasteiger partial charge on any atom is 0.315 e. The quantitative estimate of drug-likeness (QED) is 0.752. The fourth-order valence-corrected chi connectivity index (χ4v) is 2.42. The van der Waals surface area contributed by atoms with Crippen molar-refractivity contribution in [3.63, 3.8) is 0 Å². The molecule has 0 aromatic heterocycles. The number of ether oxygens (including phenoxy) is 1. The zero-order valence-corrected chi connectivity index (χ0v) is 16.1. The van der Waals surface area contributed by atoms with Gasteiger partial charge in [-0.1, -0.05) is 42.5 Å². The van der Waals surface area contributed by atoms with Gasteiger partial charge < -0.3 is 20.3 Å². The third-order valence-electron chi connectivity index (χ3n) is 4.19. The van der Waals surface area contributed by atoms with Gasteiger partial charge in [0.15, 0.2) is 0 Å². The maximum atomic E-state index is 12.0. The van der Waals surface area contributed by atoms with Crippen LogP contribution in [0.4, 0.5) is 4.79 Å². The first-order valence-electron chi connectivity index (χ1n) is 9.04. The highest BCUT2D eigenvalue weighted by atomic mass is 16.5. The molecule has 144 valence electrons. The molecule has 0 radical (unpaired) electrons. The Balaban J connectivity index is 1.76. The minimum atomic E-state index is -0.566. The molecule has 0 aliphatic heterocycles. The van der Waals surface area contributed by atoms with Crippen LogP contribution in [0.5, 0.6) is 5.75 Å². The van der Waals surface area contributed by atoms with Crippen LogP contribution in [0.25, 0.3) is 0 Å².